The second kappa shape index (κ2) is 5.08. The van der Waals surface area contributed by atoms with E-state index in [2.05, 4.69) is 21.2 Å². The van der Waals surface area contributed by atoms with Crippen molar-refractivity contribution in [2.45, 2.75) is 19.1 Å². The van der Waals surface area contributed by atoms with E-state index >= 15 is 0 Å². The van der Waals surface area contributed by atoms with Gasteiger partial charge < -0.3 is 10.2 Å². The summed E-state index contributed by atoms with van der Waals surface area (Å²) in [6.07, 6.45) is -4.51. The van der Waals surface area contributed by atoms with Crippen LogP contribution in [0.4, 0.5) is 18.9 Å². The predicted octanol–water partition coefficient (Wildman–Crippen LogP) is 2.32. The fourth-order valence-corrected chi connectivity index (χ4v) is 2.36. The Morgan fingerprint density at radius 2 is 2.00 bits per heavy atom. The van der Waals surface area contributed by atoms with Crippen molar-refractivity contribution in [2.24, 2.45) is 0 Å². The van der Waals surface area contributed by atoms with Crippen LogP contribution in [0.2, 0.25) is 0 Å². The highest BCUT2D eigenvalue weighted by molar-refractivity contribution is 9.10. The molecule has 108 valence electrons. The van der Waals surface area contributed by atoms with Crippen molar-refractivity contribution >= 4 is 33.4 Å². The molecule has 2 amide bonds. The third kappa shape index (κ3) is 2.79. The lowest BCUT2D eigenvalue weighted by atomic mass is 10.1. The second-order valence-electron chi connectivity index (χ2n) is 4.38. The lowest BCUT2D eigenvalue weighted by molar-refractivity contribution is -0.137. The average molecular weight is 351 g/mol. The van der Waals surface area contributed by atoms with Gasteiger partial charge in [-0.25, -0.2) is 0 Å². The van der Waals surface area contributed by atoms with Crippen molar-refractivity contribution in [1.29, 1.82) is 0 Å². The van der Waals surface area contributed by atoms with Gasteiger partial charge >= 0.3 is 6.18 Å². The summed E-state index contributed by atoms with van der Waals surface area (Å²) in [7, 11) is 0. The number of benzene rings is 1. The smallest absolute Gasteiger partial charge is 0.343 e. The molecule has 1 fully saturated rings. The van der Waals surface area contributed by atoms with Crippen molar-refractivity contribution < 1.29 is 22.8 Å². The number of hydrogen-bond acceptors (Lipinski definition) is 2. The molecular weight excluding hydrogens is 341 g/mol. The molecule has 1 N–H and O–H groups in total. The van der Waals surface area contributed by atoms with Crippen LogP contribution in [0.1, 0.15) is 12.5 Å². The molecule has 8 heteroatoms. The number of alkyl halides is 3. The molecule has 0 radical (unpaired) electrons. The largest absolute Gasteiger partial charge is 0.416 e. The quantitative estimate of drug-likeness (QED) is 0.844. The summed E-state index contributed by atoms with van der Waals surface area (Å²) in [5, 5.41) is 2.43. The summed E-state index contributed by atoms with van der Waals surface area (Å²) >= 11 is 3.11. The Kier molecular flexibility index (Phi) is 3.77. The van der Waals surface area contributed by atoms with Crippen molar-refractivity contribution in [3.8, 4) is 0 Å². The normalized spacial score (nSPS) is 20.1. The van der Waals surface area contributed by atoms with Crippen LogP contribution in [0.15, 0.2) is 22.7 Å². The second-order valence-corrected chi connectivity index (χ2v) is 5.23. The van der Waals surface area contributed by atoms with Crippen LogP contribution in [0.3, 0.4) is 0 Å². The number of amides is 2. The number of nitrogens with one attached hydrogen (secondary N) is 1. The van der Waals surface area contributed by atoms with E-state index in [1.807, 2.05) is 0 Å². The highest BCUT2D eigenvalue weighted by Gasteiger charge is 2.35. The predicted molar refractivity (Wildman–Crippen MR) is 69.1 cm³/mol. The molecule has 1 aliphatic rings. The van der Waals surface area contributed by atoms with E-state index in [-0.39, 0.29) is 12.2 Å². The van der Waals surface area contributed by atoms with Gasteiger partial charge in [0.2, 0.25) is 11.8 Å². The third-order valence-electron chi connectivity index (χ3n) is 2.88. The summed E-state index contributed by atoms with van der Waals surface area (Å²) in [5.74, 6) is -0.869. The molecule has 1 aromatic rings. The minimum atomic E-state index is -4.51. The van der Waals surface area contributed by atoms with Crippen molar-refractivity contribution in [2.75, 3.05) is 11.4 Å². The first kappa shape index (κ1) is 14.8. The number of anilines is 1. The van der Waals surface area contributed by atoms with Gasteiger partial charge in [-0.1, -0.05) is 0 Å². The SMILES string of the molecule is CC1NC(=O)CN(c2cc(C(F)(F)F)ccc2Br)C1=O. The standard InChI is InChI=1S/C12H10BrF3N2O2/c1-6-11(20)18(5-10(19)17-6)9-4-7(12(14,15)16)2-3-8(9)13/h2-4,6H,5H2,1H3,(H,17,19). The molecule has 0 spiro atoms. The Bertz CT molecular complexity index is 574. The van der Waals surface area contributed by atoms with Gasteiger partial charge in [-0.05, 0) is 41.1 Å². The Morgan fingerprint density at radius 3 is 2.60 bits per heavy atom. The molecule has 1 aromatic carbocycles. The molecule has 0 bridgehead atoms. The zero-order chi connectivity index (χ0) is 15.1. The van der Waals surface area contributed by atoms with Gasteiger partial charge in [0.15, 0.2) is 0 Å². The van der Waals surface area contributed by atoms with Gasteiger partial charge in [0, 0.05) is 4.47 Å². The Labute approximate surface area is 121 Å². The molecule has 0 aromatic heterocycles. The van der Waals surface area contributed by atoms with Crippen LogP contribution in [-0.4, -0.2) is 24.4 Å². The van der Waals surface area contributed by atoms with E-state index in [9.17, 15) is 22.8 Å². The number of carbonyl (C=O) groups is 2. The molecule has 4 nitrogen and oxygen atoms in total. The highest BCUT2D eigenvalue weighted by atomic mass is 79.9. The number of piperazine rings is 1. The third-order valence-corrected chi connectivity index (χ3v) is 3.55. The van der Waals surface area contributed by atoms with Gasteiger partial charge in [-0.15, -0.1) is 0 Å². The molecule has 2 rings (SSSR count). The van der Waals surface area contributed by atoms with E-state index in [0.717, 1.165) is 17.0 Å². The lowest BCUT2D eigenvalue weighted by Gasteiger charge is -2.31. The van der Waals surface area contributed by atoms with E-state index in [1.165, 1.54) is 13.0 Å². The fraction of sp³-hybridized carbons (Fsp3) is 0.333. The van der Waals surface area contributed by atoms with E-state index < -0.39 is 29.6 Å². The summed E-state index contributed by atoms with van der Waals surface area (Å²) in [5.41, 5.74) is -0.839. The Hall–Kier alpha value is -1.57. The van der Waals surface area contributed by atoms with Crippen molar-refractivity contribution in [1.82, 2.24) is 5.32 Å². The molecule has 1 aliphatic heterocycles. The molecule has 1 heterocycles. The maximum absolute atomic E-state index is 12.7. The average Bonchev–Trinajstić information content (AvgIpc) is 2.33. The van der Waals surface area contributed by atoms with Crippen molar-refractivity contribution in [3.63, 3.8) is 0 Å². The van der Waals surface area contributed by atoms with Gasteiger partial charge in [-0.2, -0.15) is 13.2 Å². The highest BCUT2D eigenvalue weighted by Crippen LogP contribution is 2.36. The number of carbonyl (C=O) groups excluding carboxylic acids is 2. The van der Waals surface area contributed by atoms with Crippen LogP contribution in [-0.2, 0) is 15.8 Å². The summed E-state index contributed by atoms with van der Waals surface area (Å²) in [6, 6.07) is 2.21. The number of rotatable bonds is 1. The fourth-order valence-electron chi connectivity index (χ4n) is 1.90. The van der Waals surface area contributed by atoms with Gasteiger partial charge in [-0.3, -0.25) is 9.59 Å². The van der Waals surface area contributed by atoms with Gasteiger partial charge in [0.1, 0.15) is 12.6 Å². The minimum absolute atomic E-state index is 0.0338. The zero-order valence-corrected chi connectivity index (χ0v) is 11.9. The molecule has 0 saturated carbocycles. The first-order valence-corrected chi connectivity index (χ1v) is 6.47. The topological polar surface area (TPSA) is 49.4 Å². The summed E-state index contributed by atoms with van der Waals surface area (Å²) in [4.78, 5) is 24.5. The summed E-state index contributed by atoms with van der Waals surface area (Å²) < 4.78 is 38.5. The molecule has 1 saturated heterocycles. The number of hydrogen-bond donors (Lipinski definition) is 1. The monoisotopic (exact) mass is 350 g/mol. The minimum Gasteiger partial charge on any atom is -0.343 e. The maximum atomic E-state index is 12.7. The van der Waals surface area contributed by atoms with Crippen LogP contribution in [0.5, 0.6) is 0 Å². The van der Waals surface area contributed by atoms with E-state index in [4.69, 9.17) is 0 Å². The van der Waals surface area contributed by atoms with E-state index in [0.29, 0.717) is 4.47 Å². The van der Waals surface area contributed by atoms with E-state index in [1.54, 1.807) is 0 Å². The van der Waals surface area contributed by atoms with Crippen LogP contribution < -0.4 is 10.2 Å². The molecule has 1 unspecified atom stereocenters. The van der Waals surface area contributed by atoms with Gasteiger partial charge in [0.25, 0.3) is 0 Å². The Morgan fingerprint density at radius 1 is 1.35 bits per heavy atom. The molecule has 20 heavy (non-hydrogen) atoms. The zero-order valence-electron chi connectivity index (χ0n) is 10.3. The number of halogens is 4. The van der Waals surface area contributed by atoms with Crippen LogP contribution in [0, 0.1) is 0 Å². The molecule has 1 atom stereocenters. The van der Waals surface area contributed by atoms with Crippen LogP contribution >= 0.6 is 15.9 Å². The first-order chi connectivity index (χ1) is 9.20. The van der Waals surface area contributed by atoms with Gasteiger partial charge in [0.05, 0.1) is 11.3 Å². The Balaban J connectivity index is 2.45. The summed E-state index contributed by atoms with van der Waals surface area (Å²) in [6.45, 7) is 1.18. The molecular formula is C12H10BrF3N2O2. The maximum Gasteiger partial charge on any atom is 0.416 e. The first-order valence-electron chi connectivity index (χ1n) is 5.67. The van der Waals surface area contributed by atoms with Crippen molar-refractivity contribution in [3.05, 3.63) is 28.2 Å². The number of nitrogens with zero attached hydrogens (tertiary/aromatic N) is 1. The lowest BCUT2D eigenvalue weighted by Crippen LogP contribution is -2.57. The van der Waals surface area contributed by atoms with Crippen LogP contribution in [0.25, 0.3) is 0 Å². The molecule has 0 aliphatic carbocycles.